The van der Waals surface area contributed by atoms with Gasteiger partial charge in [0.2, 0.25) is 5.95 Å². The third kappa shape index (κ3) is 6.54. The Morgan fingerprint density at radius 1 is 0.900 bits per heavy atom. The summed E-state index contributed by atoms with van der Waals surface area (Å²) in [5, 5.41) is 7.00. The Bertz CT molecular complexity index is 1290. The normalized spacial score (nSPS) is 17.1. The predicted molar refractivity (Wildman–Crippen MR) is 163 cm³/mol. The van der Waals surface area contributed by atoms with Crippen molar-refractivity contribution in [3.63, 3.8) is 0 Å². The number of ether oxygens (including phenoxy) is 2. The number of hydrogen-bond acceptors (Lipinski definition) is 9. The average molecular weight is 566 g/mol. The first-order chi connectivity index (χ1) is 19.5. The lowest BCUT2D eigenvalue weighted by Crippen LogP contribution is -2.52. The number of methoxy groups -OCH3 is 2. The van der Waals surface area contributed by atoms with Gasteiger partial charge in [0.05, 0.1) is 31.8 Å². The molecule has 0 atom stereocenters. The van der Waals surface area contributed by atoms with Gasteiger partial charge in [-0.3, -0.25) is 4.90 Å². The number of piperazine rings is 1. The molecule has 0 radical (unpaired) electrons. The number of benzene rings is 2. The number of aryl methyl sites for hydroxylation is 1. The van der Waals surface area contributed by atoms with Crippen LogP contribution in [0.3, 0.4) is 0 Å². The van der Waals surface area contributed by atoms with Crippen LogP contribution in [0.25, 0.3) is 0 Å². The summed E-state index contributed by atoms with van der Waals surface area (Å²) in [5.74, 6) is 2.37. The molecule has 0 unspecified atom stereocenters. The maximum atomic E-state index is 6.44. The van der Waals surface area contributed by atoms with Crippen molar-refractivity contribution in [3.8, 4) is 11.5 Å². The maximum Gasteiger partial charge on any atom is 0.229 e. The monoisotopic (exact) mass is 565 g/mol. The van der Waals surface area contributed by atoms with Crippen LogP contribution in [0.1, 0.15) is 25.3 Å². The Morgan fingerprint density at radius 2 is 1.57 bits per heavy atom. The van der Waals surface area contributed by atoms with Crippen LogP contribution in [-0.2, 0) is 6.42 Å². The van der Waals surface area contributed by atoms with Crippen molar-refractivity contribution in [2.45, 2.75) is 32.2 Å². The van der Waals surface area contributed by atoms with Gasteiger partial charge in [0, 0.05) is 57.1 Å². The second-order valence-electron chi connectivity index (χ2n) is 10.5. The Morgan fingerprint density at radius 3 is 2.27 bits per heavy atom. The van der Waals surface area contributed by atoms with E-state index in [1.54, 1.807) is 20.4 Å². The van der Waals surface area contributed by atoms with Crippen LogP contribution in [0.4, 0.5) is 28.8 Å². The molecule has 2 aromatic carbocycles. The Kier molecular flexibility index (Phi) is 9.14. The van der Waals surface area contributed by atoms with Gasteiger partial charge in [-0.25, -0.2) is 4.98 Å². The zero-order valence-electron chi connectivity index (χ0n) is 23.9. The minimum atomic E-state index is 0.412. The third-order valence-corrected chi connectivity index (χ3v) is 8.26. The molecule has 10 heteroatoms. The Balaban J connectivity index is 1.26. The van der Waals surface area contributed by atoms with E-state index >= 15 is 0 Å². The molecule has 2 N–H and O–H groups in total. The summed E-state index contributed by atoms with van der Waals surface area (Å²) in [5.41, 5.74) is 3.93. The minimum Gasteiger partial charge on any atom is -0.495 e. The van der Waals surface area contributed by atoms with E-state index in [4.69, 9.17) is 21.1 Å². The second kappa shape index (κ2) is 12.9. The Hall–Kier alpha value is -3.27. The number of hydrogen-bond donors (Lipinski definition) is 2. The van der Waals surface area contributed by atoms with Gasteiger partial charge in [-0.1, -0.05) is 24.6 Å². The maximum absolute atomic E-state index is 6.44. The molecule has 3 aromatic rings. The van der Waals surface area contributed by atoms with E-state index in [1.165, 1.54) is 50.3 Å². The molecule has 2 aliphatic heterocycles. The lowest BCUT2D eigenvalue weighted by atomic mass is 10.0. The van der Waals surface area contributed by atoms with E-state index in [9.17, 15) is 0 Å². The highest BCUT2D eigenvalue weighted by Crippen LogP contribution is 2.35. The quantitative estimate of drug-likeness (QED) is 0.354. The summed E-state index contributed by atoms with van der Waals surface area (Å²) < 4.78 is 11.3. The van der Waals surface area contributed by atoms with Crippen LogP contribution >= 0.6 is 11.6 Å². The van der Waals surface area contributed by atoms with E-state index in [0.29, 0.717) is 22.8 Å². The smallest absolute Gasteiger partial charge is 0.229 e. The summed E-state index contributed by atoms with van der Waals surface area (Å²) in [6.07, 6.45) is 4.88. The highest BCUT2D eigenvalue weighted by atomic mass is 35.5. The van der Waals surface area contributed by atoms with Gasteiger partial charge in [-0.2, -0.15) is 4.98 Å². The summed E-state index contributed by atoms with van der Waals surface area (Å²) in [6, 6.07) is 13.0. The van der Waals surface area contributed by atoms with Crippen molar-refractivity contribution in [2.24, 2.45) is 0 Å². The fraction of sp³-hybridized carbons (Fsp3) is 0.467. The highest BCUT2D eigenvalue weighted by molar-refractivity contribution is 6.33. The van der Waals surface area contributed by atoms with Gasteiger partial charge in [0.1, 0.15) is 16.5 Å². The van der Waals surface area contributed by atoms with E-state index in [-0.39, 0.29) is 0 Å². The van der Waals surface area contributed by atoms with Gasteiger partial charge in [-0.15, -0.1) is 0 Å². The molecule has 0 spiro atoms. The number of nitrogens with one attached hydrogen (secondary N) is 2. The fourth-order valence-corrected chi connectivity index (χ4v) is 5.62. The molecule has 3 heterocycles. The van der Waals surface area contributed by atoms with Crippen LogP contribution in [0.2, 0.25) is 5.02 Å². The molecule has 0 bridgehead atoms. The van der Waals surface area contributed by atoms with Crippen molar-refractivity contribution in [1.82, 2.24) is 19.8 Å². The van der Waals surface area contributed by atoms with Crippen LogP contribution in [0.15, 0.2) is 42.6 Å². The zero-order valence-corrected chi connectivity index (χ0v) is 24.7. The lowest BCUT2D eigenvalue weighted by molar-refractivity contribution is 0.0982. The number of likely N-dealkylation sites (N-methyl/N-ethyl adjacent to an activating group) is 1. The summed E-state index contributed by atoms with van der Waals surface area (Å²) in [6.45, 7) is 8.90. The van der Waals surface area contributed by atoms with Gasteiger partial charge < -0.3 is 29.9 Å². The van der Waals surface area contributed by atoms with Crippen molar-refractivity contribution in [3.05, 3.63) is 53.2 Å². The van der Waals surface area contributed by atoms with Gasteiger partial charge in [-0.05, 0) is 56.1 Å². The molecule has 2 saturated heterocycles. The topological polar surface area (TPSA) is 78.0 Å². The first kappa shape index (κ1) is 28.3. The molecule has 40 heavy (non-hydrogen) atoms. The molecule has 2 fully saturated rings. The van der Waals surface area contributed by atoms with Crippen LogP contribution < -0.4 is 25.0 Å². The van der Waals surface area contributed by atoms with Gasteiger partial charge >= 0.3 is 0 Å². The molecule has 9 nitrogen and oxygen atoms in total. The molecule has 0 amide bonds. The first-order valence-electron chi connectivity index (χ1n) is 14.1. The van der Waals surface area contributed by atoms with Gasteiger partial charge in [0.15, 0.2) is 5.82 Å². The summed E-state index contributed by atoms with van der Waals surface area (Å²) >= 11 is 6.44. The lowest BCUT2D eigenvalue weighted by Gasteiger charge is -2.42. The number of piperidine rings is 1. The number of halogens is 1. The molecule has 0 saturated carbocycles. The summed E-state index contributed by atoms with van der Waals surface area (Å²) in [4.78, 5) is 16.6. The third-order valence-electron chi connectivity index (χ3n) is 7.99. The fourth-order valence-electron chi connectivity index (χ4n) is 5.48. The van der Waals surface area contributed by atoms with E-state index in [1.807, 2.05) is 18.2 Å². The summed E-state index contributed by atoms with van der Waals surface area (Å²) in [7, 11) is 5.55. The van der Waals surface area contributed by atoms with Crippen molar-refractivity contribution < 1.29 is 9.47 Å². The number of anilines is 5. The predicted octanol–water partition coefficient (Wildman–Crippen LogP) is 5.41. The zero-order chi connectivity index (χ0) is 28.1. The van der Waals surface area contributed by atoms with Gasteiger partial charge in [0.25, 0.3) is 0 Å². The first-order valence-corrected chi connectivity index (χ1v) is 14.4. The highest BCUT2D eigenvalue weighted by Gasteiger charge is 2.27. The Labute approximate surface area is 242 Å². The number of nitrogens with zero attached hydrogens (tertiary/aromatic N) is 5. The molecular weight excluding hydrogens is 526 g/mol. The van der Waals surface area contributed by atoms with E-state index in [2.05, 4.69) is 67.5 Å². The van der Waals surface area contributed by atoms with E-state index in [0.717, 1.165) is 42.4 Å². The average Bonchev–Trinajstić information content (AvgIpc) is 2.99. The standard InChI is InChI=1S/C30H40ClN7O2/c1-5-21-6-8-25(27(18-21)39-3)33-29-24(31)20-32-30(35-29)34-26-9-7-23(19-28(26)40-4)37-12-10-22(11-13-37)38-16-14-36(2)15-17-38/h6-9,18-20,22H,5,10-17H2,1-4H3,(H2,32,33,34,35). The van der Waals surface area contributed by atoms with Crippen LogP contribution in [-0.4, -0.2) is 86.3 Å². The SMILES string of the molecule is CCc1ccc(Nc2nc(Nc3ccc(N4CCC(N5CCN(C)CC5)CC4)cc3OC)ncc2Cl)c(OC)c1. The van der Waals surface area contributed by atoms with Crippen molar-refractivity contribution >= 4 is 40.4 Å². The van der Waals surface area contributed by atoms with Crippen molar-refractivity contribution in [2.75, 3.05) is 76.1 Å². The minimum absolute atomic E-state index is 0.412. The number of rotatable bonds is 9. The molecule has 214 valence electrons. The molecule has 1 aromatic heterocycles. The van der Waals surface area contributed by atoms with Crippen LogP contribution in [0, 0.1) is 0 Å². The van der Waals surface area contributed by atoms with E-state index < -0.39 is 0 Å². The number of aromatic nitrogens is 2. The van der Waals surface area contributed by atoms with Crippen LogP contribution in [0.5, 0.6) is 11.5 Å². The molecule has 5 rings (SSSR count). The molecule has 2 aliphatic rings. The molecular formula is C30H40ClN7O2. The van der Waals surface area contributed by atoms with Crippen molar-refractivity contribution in [1.29, 1.82) is 0 Å². The second-order valence-corrected chi connectivity index (χ2v) is 10.9. The molecule has 0 aliphatic carbocycles. The largest absolute Gasteiger partial charge is 0.495 e.